The van der Waals surface area contributed by atoms with Crippen LogP contribution in [0, 0.1) is 0 Å². The van der Waals surface area contributed by atoms with Crippen molar-refractivity contribution in [1.29, 1.82) is 0 Å². The number of nitrogens with one attached hydrogen (secondary N) is 1. The molecule has 23 heavy (non-hydrogen) atoms. The first-order valence-electron chi connectivity index (χ1n) is 7.34. The predicted molar refractivity (Wildman–Crippen MR) is 83.1 cm³/mol. The first-order chi connectivity index (χ1) is 11.0. The molecule has 1 N–H and O–H groups in total. The van der Waals surface area contributed by atoms with E-state index in [4.69, 9.17) is 9.47 Å². The number of benzene rings is 1. The summed E-state index contributed by atoms with van der Waals surface area (Å²) in [6.45, 7) is 5.88. The summed E-state index contributed by atoms with van der Waals surface area (Å²) in [6.07, 6.45) is 1.45. The average molecular weight is 319 g/mol. The second-order valence-corrected chi connectivity index (χ2v) is 5.37. The molecule has 124 valence electrons. The van der Waals surface area contributed by atoms with Crippen LogP contribution >= 0.6 is 0 Å². The van der Waals surface area contributed by atoms with E-state index < -0.39 is 0 Å². The minimum atomic E-state index is -0.180. The summed E-state index contributed by atoms with van der Waals surface area (Å²) >= 11 is 0. The van der Waals surface area contributed by atoms with Crippen molar-refractivity contribution < 1.29 is 14.3 Å². The first kappa shape index (κ1) is 16.7. The highest BCUT2D eigenvalue weighted by atomic mass is 16.5. The molecule has 1 aromatic carbocycles. The van der Waals surface area contributed by atoms with Gasteiger partial charge in [0.05, 0.1) is 19.3 Å². The van der Waals surface area contributed by atoms with Crippen molar-refractivity contribution in [1.82, 2.24) is 25.5 Å². The fourth-order valence-corrected chi connectivity index (χ4v) is 2.08. The van der Waals surface area contributed by atoms with Gasteiger partial charge in [-0.15, -0.1) is 5.10 Å². The highest BCUT2D eigenvalue weighted by Gasteiger charge is 2.14. The number of tetrazole rings is 1. The summed E-state index contributed by atoms with van der Waals surface area (Å²) in [4.78, 5) is 12.0. The third kappa shape index (κ3) is 4.67. The number of methoxy groups -OCH3 is 1. The Hall–Kier alpha value is -2.64. The lowest BCUT2D eigenvalue weighted by Gasteiger charge is -2.18. The third-order valence-electron chi connectivity index (χ3n) is 3.12. The topological polar surface area (TPSA) is 91.2 Å². The van der Waals surface area contributed by atoms with Gasteiger partial charge in [-0.05, 0) is 48.9 Å². The van der Waals surface area contributed by atoms with E-state index >= 15 is 0 Å². The Morgan fingerprint density at radius 3 is 2.70 bits per heavy atom. The minimum absolute atomic E-state index is 0.0585. The normalized spacial score (nSPS) is 12.0. The van der Waals surface area contributed by atoms with Gasteiger partial charge in [0, 0.05) is 0 Å². The second-order valence-electron chi connectivity index (χ2n) is 5.37. The monoisotopic (exact) mass is 319 g/mol. The van der Waals surface area contributed by atoms with E-state index in [9.17, 15) is 4.79 Å². The van der Waals surface area contributed by atoms with E-state index in [1.54, 1.807) is 7.11 Å². The van der Waals surface area contributed by atoms with E-state index in [0.29, 0.717) is 11.5 Å². The van der Waals surface area contributed by atoms with Crippen LogP contribution in [0.15, 0.2) is 24.5 Å². The number of aromatic nitrogens is 4. The third-order valence-corrected chi connectivity index (χ3v) is 3.12. The van der Waals surface area contributed by atoms with Crippen molar-refractivity contribution in [3.8, 4) is 11.5 Å². The Kier molecular flexibility index (Phi) is 5.51. The number of hydrogen-bond acceptors (Lipinski definition) is 6. The molecule has 0 fully saturated rings. The van der Waals surface area contributed by atoms with Crippen molar-refractivity contribution >= 4 is 5.91 Å². The highest BCUT2D eigenvalue weighted by molar-refractivity contribution is 5.76. The molecule has 2 rings (SSSR count). The van der Waals surface area contributed by atoms with Gasteiger partial charge in [-0.1, -0.05) is 6.07 Å². The number of ether oxygens (including phenoxy) is 2. The van der Waals surface area contributed by atoms with Crippen LogP contribution < -0.4 is 14.8 Å². The van der Waals surface area contributed by atoms with Gasteiger partial charge in [0.2, 0.25) is 5.91 Å². The standard InChI is InChI=1S/C15H21N5O3/c1-10(2)23-13-6-5-12(7-14(13)22-4)11(3)17-15(21)8-20-9-16-18-19-20/h5-7,9-11H,8H2,1-4H3,(H,17,21). The van der Waals surface area contributed by atoms with Crippen molar-refractivity contribution in [3.05, 3.63) is 30.1 Å². The SMILES string of the molecule is COc1cc(C(C)NC(=O)Cn2cnnn2)ccc1OC(C)C. The zero-order valence-corrected chi connectivity index (χ0v) is 13.7. The van der Waals surface area contributed by atoms with Crippen molar-refractivity contribution in [2.75, 3.05) is 7.11 Å². The molecule has 0 spiro atoms. The van der Waals surface area contributed by atoms with Crippen LogP contribution in [0.5, 0.6) is 11.5 Å². The maximum absolute atomic E-state index is 12.0. The van der Waals surface area contributed by atoms with E-state index in [-0.39, 0.29) is 24.6 Å². The summed E-state index contributed by atoms with van der Waals surface area (Å²) < 4.78 is 12.4. The van der Waals surface area contributed by atoms with Crippen LogP contribution in [-0.4, -0.2) is 39.3 Å². The van der Waals surface area contributed by atoms with Gasteiger partial charge in [0.15, 0.2) is 11.5 Å². The van der Waals surface area contributed by atoms with Crippen molar-refractivity contribution in [2.45, 2.75) is 39.5 Å². The Morgan fingerprint density at radius 1 is 1.30 bits per heavy atom. The van der Waals surface area contributed by atoms with E-state index in [2.05, 4.69) is 20.8 Å². The molecule has 1 aromatic heterocycles. The lowest BCUT2D eigenvalue weighted by molar-refractivity contribution is -0.122. The molecule has 2 aromatic rings. The molecule has 0 bridgehead atoms. The van der Waals surface area contributed by atoms with E-state index in [0.717, 1.165) is 5.56 Å². The number of rotatable bonds is 7. The van der Waals surface area contributed by atoms with Gasteiger partial charge in [0.25, 0.3) is 0 Å². The van der Waals surface area contributed by atoms with Crippen LogP contribution in [0.4, 0.5) is 0 Å². The second kappa shape index (κ2) is 7.57. The highest BCUT2D eigenvalue weighted by Crippen LogP contribution is 2.31. The zero-order chi connectivity index (χ0) is 16.8. The molecular weight excluding hydrogens is 298 g/mol. The Bertz CT molecular complexity index is 643. The Balaban J connectivity index is 2.03. The minimum Gasteiger partial charge on any atom is -0.493 e. The van der Waals surface area contributed by atoms with Gasteiger partial charge in [-0.25, -0.2) is 4.68 Å². The molecule has 0 saturated carbocycles. The summed E-state index contributed by atoms with van der Waals surface area (Å²) in [5, 5.41) is 13.5. The molecule has 1 atom stereocenters. The molecule has 1 unspecified atom stereocenters. The molecule has 1 amide bonds. The molecule has 0 radical (unpaired) electrons. The lowest BCUT2D eigenvalue weighted by atomic mass is 10.1. The Morgan fingerprint density at radius 2 is 2.09 bits per heavy atom. The van der Waals surface area contributed by atoms with Crippen LogP contribution in [0.1, 0.15) is 32.4 Å². The molecule has 1 heterocycles. The molecular formula is C15H21N5O3. The lowest BCUT2D eigenvalue weighted by Crippen LogP contribution is -2.30. The van der Waals surface area contributed by atoms with Gasteiger partial charge < -0.3 is 14.8 Å². The Labute approximate surface area is 134 Å². The summed E-state index contributed by atoms with van der Waals surface area (Å²) in [5.41, 5.74) is 0.919. The van der Waals surface area contributed by atoms with Crippen LogP contribution in [0.3, 0.4) is 0 Å². The van der Waals surface area contributed by atoms with Crippen molar-refractivity contribution in [2.24, 2.45) is 0 Å². The summed E-state index contributed by atoms with van der Waals surface area (Å²) in [6, 6.07) is 5.43. The zero-order valence-electron chi connectivity index (χ0n) is 13.7. The van der Waals surface area contributed by atoms with Crippen LogP contribution in [0.25, 0.3) is 0 Å². The summed E-state index contributed by atoms with van der Waals surface area (Å²) in [5.74, 6) is 1.14. The van der Waals surface area contributed by atoms with E-state index in [1.165, 1.54) is 11.0 Å². The maximum atomic E-state index is 12.0. The van der Waals surface area contributed by atoms with Crippen molar-refractivity contribution in [3.63, 3.8) is 0 Å². The largest absolute Gasteiger partial charge is 0.493 e. The van der Waals surface area contributed by atoms with Gasteiger partial charge in [-0.2, -0.15) is 0 Å². The van der Waals surface area contributed by atoms with E-state index in [1.807, 2.05) is 39.0 Å². The summed E-state index contributed by atoms with van der Waals surface area (Å²) in [7, 11) is 1.59. The molecule has 0 aliphatic heterocycles. The fraction of sp³-hybridized carbons (Fsp3) is 0.467. The quantitative estimate of drug-likeness (QED) is 0.828. The number of hydrogen-bond donors (Lipinski definition) is 1. The average Bonchev–Trinajstić information content (AvgIpc) is 2.99. The number of carbonyl (C=O) groups excluding carboxylic acids is 1. The maximum Gasteiger partial charge on any atom is 0.242 e. The fourth-order valence-electron chi connectivity index (χ4n) is 2.08. The molecule has 0 saturated heterocycles. The molecule has 0 aliphatic carbocycles. The first-order valence-corrected chi connectivity index (χ1v) is 7.34. The molecule has 0 aliphatic rings. The number of carbonyl (C=O) groups is 1. The van der Waals surface area contributed by atoms with Gasteiger partial charge in [0.1, 0.15) is 12.9 Å². The van der Waals surface area contributed by atoms with Crippen LogP contribution in [0.2, 0.25) is 0 Å². The van der Waals surface area contributed by atoms with Crippen LogP contribution in [-0.2, 0) is 11.3 Å². The number of nitrogens with zero attached hydrogens (tertiary/aromatic N) is 4. The van der Waals surface area contributed by atoms with Gasteiger partial charge in [-0.3, -0.25) is 4.79 Å². The smallest absolute Gasteiger partial charge is 0.242 e. The molecule has 8 nitrogen and oxygen atoms in total. The van der Waals surface area contributed by atoms with Gasteiger partial charge >= 0.3 is 0 Å². The predicted octanol–water partition coefficient (Wildman–Crippen LogP) is 1.35. The number of amides is 1. The molecule has 8 heteroatoms.